The van der Waals surface area contributed by atoms with Crippen molar-refractivity contribution in [1.82, 2.24) is 4.98 Å². The molecule has 0 fully saturated rings. The Balaban J connectivity index is 2.36. The molecule has 0 unspecified atom stereocenters. The van der Waals surface area contributed by atoms with Crippen molar-refractivity contribution in [2.75, 3.05) is 0 Å². The maximum absolute atomic E-state index is 11.5. The van der Waals surface area contributed by atoms with E-state index >= 15 is 0 Å². The Hall–Kier alpha value is -2.50. The van der Waals surface area contributed by atoms with E-state index in [9.17, 15) is 14.8 Å². The second-order valence-corrected chi connectivity index (χ2v) is 5.56. The van der Waals surface area contributed by atoms with Crippen molar-refractivity contribution in [3.05, 3.63) is 63.1 Å². The average molecular weight is 347 g/mol. The third-order valence-corrected chi connectivity index (χ3v) is 4.02. The summed E-state index contributed by atoms with van der Waals surface area (Å²) in [5, 5.41) is 14.3. The maximum Gasteiger partial charge on any atom is 0.316 e. The summed E-state index contributed by atoms with van der Waals surface area (Å²) in [6.45, 7) is 0. The first-order valence-electron chi connectivity index (χ1n) is 6.46. The Bertz CT molecular complexity index is 957. The number of rotatable bonds is 2. The fourth-order valence-electron chi connectivity index (χ4n) is 2.32. The van der Waals surface area contributed by atoms with E-state index in [2.05, 4.69) is 10.2 Å². The molecule has 1 heterocycles. The van der Waals surface area contributed by atoms with Crippen LogP contribution in [0.25, 0.3) is 22.0 Å². The van der Waals surface area contributed by atoms with E-state index in [1.54, 1.807) is 24.3 Å². The lowest BCUT2D eigenvalue weighted by molar-refractivity contribution is 0.100. The van der Waals surface area contributed by atoms with Gasteiger partial charge in [0.1, 0.15) is 5.75 Å². The summed E-state index contributed by atoms with van der Waals surface area (Å²) in [7, 11) is 0. The van der Waals surface area contributed by atoms with Crippen LogP contribution in [0.15, 0.2) is 47.8 Å². The molecule has 3 aromatic rings. The van der Waals surface area contributed by atoms with Crippen LogP contribution in [0.4, 0.5) is 0 Å². The van der Waals surface area contributed by atoms with E-state index in [1.807, 2.05) is 0 Å². The third kappa shape index (κ3) is 2.65. The Kier molecular flexibility index (Phi) is 3.98. The molecular weight excluding hydrogens is 339 g/mol. The molecule has 0 saturated carbocycles. The van der Waals surface area contributed by atoms with Gasteiger partial charge in [0, 0.05) is 33.3 Å². The molecule has 0 spiro atoms. The number of pyridine rings is 1. The van der Waals surface area contributed by atoms with Gasteiger partial charge in [-0.05, 0) is 24.3 Å². The summed E-state index contributed by atoms with van der Waals surface area (Å²) < 4.78 is 0. The first-order chi connectivity index (χ1) is 11.0. The Morgan fingerprint density at radius 3 is 2.61 bits per heavy atom. The fourth-order valence-corrected chi connectivity index (χ4v) is 2.70. The number of aromatic hydroxyl groups is 1. The molecule has 3 rings (SSSR count). The SMILES string of the molecule is O=NC(=O)c1ccc2c(Cl)cnc(-c3cccc(Cl)c3O)c2c1. The molecule has 23 heavy (non-hydrogen) atoms. The smallest absolute Gasteiger partial charge is 0.316 e. The molecule has 0 saturated heterocycles. The molecule has 1 aromatic heterocycles. The highest BCUT2D eigenvalue weighted by atomic mass is 35.5. The van der Waals surface area contributed by atoms with Crippen LogP contribution in [0.1, 0.15) is 10.4 Å². The van der Waals surface area contributed by atoms with E-state index in [4.69, 9.17) is 23.2 Å². The van der Waals surface area contributed by atoms with Gasteiger partial charge < -0.3 is 5.11 Å². The van der Waals surface area contributed by atoms with Crippen molar-refractivity contribution >= 4 is 39.9 Å². The molecule has 0 aliphatic rings. The number of hydrogen-bond acceptors (Lipinski definition) is 4. The van der Waals surface area contributed by atoms with Crippen LogP contribution in [0, 0.1) is 4.91 Å². The van der Waals surface area contributed by atoms with Gasteiger partial charge in [-0.2, -0.15) is 0 Å². The van der Waals surface area contributed by atoms with Gasteiger partial charge >= 0.3 is 5.91 Å². The molecule has 0 aliphatic heterocycles. The zero-order valence-corrected chi connectivity index (χ0v) is 13.0. The van der Waals surface area contributed by atoms with Crippen LogP contribution in [0.2, 0.25) is 10.0 Å². The summed E-state index contributed by atoms with van der Waals surface area (Å²) in [6, 6.07) is 9.38. The zero-order valence-electron chi connectivity index (χ0n) is 11.5. The number of fused-ring (bicyclic) bond motifs is 1. The molecule has 0 radical (unpaired) electrons. The first kappa shape index (κ1) is 15.4. The second kappa shape index (κ2) is 5.95. The lowest BCUT2D eigenvalue weighted by Crippen LogP contribution is -1.95. The lowest BCUT2D eigenvalue weighted by Gasteiger charge is -2.10. The Morgan fingerprint density at radius 1 is 1.09 bits per heavy atom. The van der Waals surface area contributed by atoms with Crippen LogP contribution in [-0.4, -0.2) is 16.0 Å². The molecule has 5 nitrogen and oxygen atoms in total. The number of aromatic nitrogens is 1. The van der Waals surface area contributed by atoms with E-state index in [-0.39, 0.29) is 16.3 Å². The molecule has 7 heteroatoms. The van der Waals surface area contributed by atoms with Crippen molar-refractivity contribution in [1.29, 1.82) is 0 Å². The second-order valence-electron chi connectivity index (χ2n) is 4.75. The lowest BCUT2D eigenvalue weighted by atomic mass is 10.0. The van der Waals surface area contributed by atoms with Gasteiger partial charge in [0.25, 0.3) is 0 Å². The number of nitrogens with zero attached hydrogens (tertiary/aromatic N) is 2. The van der Waals surface area contributed by atoms with Crippen molar-refractivity contribution in [2.45, 2.75) is 0 Å². The van der Waals surface area contributed by atoms with Crippen molar-refractivity contribution in [3.63, 3.8) is 0 Å². The minimum absolute atomic E-state index is 0.110. The van der Waals surface area contributed by atoms with Crippen LogP contribution in [-0.2, 0) is 0 Å². The molecular formula is C16H8Cl2N2O3. The number of phenols is 1. The number of benzene rings is 2. The monoisotopic (exact) mass is 346 g/mol. The summed E-state index contributed by atoms with van der Waals surface area (Å²) in [5.41, 5.74) is 0.895. The predicted octanol–water partition coefficient (Wildman–Crippen LogP) is 4.82. The number of hydrogen-bond donors (Lipinski definition) is 1. The van der Waals surface area contributed by atoms with Crippen LogP contribution in [0.3, 0.4) is 0 Å². The van der Waals surface area contributed by atoms with Crippen LogP contribution < -0.4 is 0 Å². The zero-order chi connectivity index (χ0) is 16.6. The van der Waals surface area contributed by atoms with Crippen LogP contribution in [0.5, 0.6) is 5.75 Å². The predicted molar refractivity (Wildman–Crippen MR) is 89.0 cm³/mol. The van der Waals surface area contributed by atoms with E-state index in [0.717, 1.165) is 0 Å². The number of carbonyl (C=O) groups is 1. The minimum Gasteiger partial charge on any atom is -0.506 e. The van der Waals surface area contributed by atoms with Gasteiger partial charge in [0.2, 0.25) is 0 Å². The number of amides is 1. The fraction of sp³-hybridized carbons (Fsp3) is 0. The van der Waals surface area contributed by atoms with Gasteiger partial charge in [0.05, 0.1) is 15.7 Å². The Morgan fingerprint density at radius 2 is 1.87 bits per heavy atom. The number of carbonyl (C=O) groups excluding carboxylic acids is 1. The summed E-state index contributed by atoms with van der Waals surface area (Å²) >= 11 is 12.1. The first-order valence-corrected chi connectivity index (χ1v) is 7.22. The molecule has 2 aromatic carbocycles. The largest absolute Gasteiger partial charge is 0.506 e. The topological polar surface area (TPSA) is 79.6 Å². The summed E-state index contributed by atoms with van der Waals surface area (Å²) in [6.07, 6.45) is 1.44. The molecule has 0 atom stereocenters. The average Bonchev–Trinajstić information content (AvgIpc) is 2.57. The van der Waals surface area contributed by atoms with Crippen molar-refractivity contribution in [3.8, 4) is 17.0 Å². The molecule has 1 amide bonds. The third-order valence-electron chi connectivity index (χ3n) is 3.41. The van der Waals surface area contributed by atoms with Gasteiger partial charge in [-0.25, -0.2) is 0 Å². The minimum atomic E-state index is -0.895. The number of para-hydroxylation sites is 1. The Labute approximate surface area is 140 Å². The number of phenolic OH excluding ortho intramolecular Hbond substituents is 1. The molecule has 0 bridgehead atoms. The van der Waals surface area contributed by atoms with E-state index in [1.165, 1.54) is 18.3 Å². The summed E-state index contributed by atoms with van der Waals surface area (Å²) in [4.78, 5) is 26.2. The highest BCUT2D eigenvalue weighted by molar-refractivity contribution is 6.36. The molecule has 114 valence electrons. The molecule has 0 aliphatic carbocycles. The summed E-state index contributed by atoms with van der Waals surface area (Å²) in [5.74, 6) is -1.02. The highest BCUT2D eigenvalue weighted by Gasteiger charge is 2.16. The van der Waals surface area contributed by atoms with Gasteiger partial charge in [-0.15, -0.1) is 4.91 Å². The molecule has 1 N–H and O–H groups in total. The number of nitroso groups, excluding NO2 is 1. The van der Waals surface area contributed by atoms with Crippen molar-refractivity contribution in [2.24, 2.45) is 5.18 Å². The highest BCUT2D eigenvalue weighted by Crippen LogP contribution is 2.38. The van der Waals surface area contributed by atoms with Crippen LogP contribution >= 0.6 is 23.2 Å². The number of halogens is 2. The van der Waals surface area contributed by atoms with Gasteiger partial charge in [-0.1, -0.05) is 35.3 Å². The maximum atomic E-state index is 11.5. The van der Waals surface area contributed by atoms with E-state index in [0.29, 0.717) is 27.1 Å². The quantitative estimate of drug-likeness (QED) is 0.674. The normalized spacial score (nSPS) is 10.7. The van der Waals surface area contributed by atoms with Crippen molar-refractivity contribution < 1.29 is 9.90 Å². The van der Waals surface area contributed by atoms with Gasteiger partial charge in [-0.3, -0.25) is 9.78 Å². The van der Waals surface area contributed by atoms with E-state index < -0.39 is 5.91 Å². The van der Waals surface area contributed by atoms with Gasteiger partial charge in [0.15, 0.2) is 0 Å². The standard InChI is InChI=1S/C16H8Cl2N2O3/c17-12-3-1-2-10(15(12)21)14-11-6-8(16(22)20-23)4-5-9(11)13(18)7-19-14/h1-7,21H.